The zero-order valence-electron chi connectivity index (χ0n) is 14.0. The highest BCUT2D eigenvalue weighted by atomic mass is 32.2. The van der Waals surface area contributed by atoms with Crippen molar-refractivity contribution in [2.24, 2.45) is 0 Å². The predicted molar refractivity (Wildman–Crippen MR) is 92.4 cm³/mol. The Balaban J connectivity index is 2.03. The van der Waals surface area contributed by atoms with Gasteiger partial charge >= 0.3 is 0 Å². The van der Waals surface area contributed by atoms with Crippen molar-refractivity contribution in [2.45, 2.75) is 25.7 Å². The van der Waals surface area contributed by atoms with Gasteiger partial charge in [0, 0.05) is 13.6 Å². The van der Waals surface area contributed by atoms with Crippen LogP contribution in [0.5, 0.6) is 5.75 Å². The summed E-state index contributed by atoms with van der Waals surface area (Å²) in [5.74, 6) is 0.752. The summed E-state index contributed by atoms with van der Waals surface area (Å²) >= 11 is 0. The molecule has 0 amide bonds. The molecule has 4 nitrogen and oxygen atoms in total. The highest BCUT2D eigenvalue weighted by Crippen LogP contribution is 2.20. The first-order valence-corrected chi connectivity index (χ1v) is 8.98. The number of ether oxygens (including phenoxy) is 1. The number of aryl methyl sites for hydroxylation is 3. The van der Waals surface area contributed by atoms with Gasteiger partial charge in [0.05, 0.1) is 4.90 Å². The third kappa shape index (κ3) is 4.33. The molecule has 2 aromatic rings. The lowest BCUT2D eigenvalue weighted by Crippen LogP contribution is -2.31. The van der Waals surface area contributed by atoms with Crippen LogP contribution in [0.4, 0.5) is 0 Å². The van der Waals surface area contributed by atoms with Gasteiger partial charge in [0.1, 0.15) is 12.4 Å². The van der Waals surface area contributed by atoms with Crippen LogP contribution in [0.1, 0.15) is 16.7 Å². The molecule has 0 N–H and O–H groups in total. The molecule has 124 valence electrons. The van der Waals surface area contributed by atoms with E-state index in [0.29, 0.717) is 18.0 Å². The molecule has 23 heavy (non-hydrogen) atoms. The zero-order chi connectivity index (χ0) is 17.0. The van der Waals surface area contributed by atoms with E-state index < -0.39 is 10.0 Å². The number of rotatable bonds is 6. The number of hydrogen-bond donors (Lipinski definition) is 0. The van der Waals surface area contributed by atoms with Gasteiger partial charge in [-0.3, -0.25) is 0 Å². The number of nitrogens with zero attached hydrogens (tertiary/aromatic N) is 1. The van der Waals surface area contributed by atoms with E-state index in [0.717, 1.165) is 22.4 Å². The second kappa shape index (κ2) is 7.15. The Morgan fingerprint density at radius 2 is 1.70 bits per heavy atom. The van der Waals surface area contributed by atoms with Gasteiger partial charge in [-0.15, -0.1) is 0 Å². The highest BCUT2D eigenvalue weighted by molar-refractivity contribution is 7.89. The lowest BCUT2D eigenvalue weighted by molar-refractivity contribution is 0.286. The molecule has 0 spiro atoms. The van der Waals surface area contributed by atoms with Gasteiger partial charge in [0.25, 0.3) is 0 Å². The predicted octanol–water partition coefficient (Wildman–Crippen LogP) is 3.31. The Morgan fingerprint density at radius 3 is 2.35 bits per heavy atom. The van der Waals surface area contributed by atoms with Crippen molar-refractivity contribution < 1.29 is 13.2 Å². The van der Waals surface area contributed by atoms with E-state index in [-0.39, 0.29) is 0 Å². The molecule has 0 unspecified atom stereocenters. The summed E-state index contributed by atoms with van der Waals surface area (Å²) in [7, 11) is -1.92. The van der Waals surface area contributed by atoms with Crippen molar-refractivity contribution in [1.82, 2.24) is 4.31 Å². The summed E-state index contributed by atoms with van der Waals surface area (Å²) in [6.07, 6.45) is 0. The molecule has 0 bridgehead atoms. The van der Waals surface area contributed by atoms with Crippen LogP contribution in [-0.2, 0) is 10.0 Å². The molecule has 0 heterocycles. The summed E-state index contributed by atoms with van der Waals surface area (Å²) in [5.41, 5.74) is 2.92. The third-order valence-electron chi connectivity index (χ3n) is 3.68. The van der Waals surface area contributed by atoms with Gasteiger partial charge in [-0.05, 0) is 50.1 Å². The minimum atomic E-state index is -3.50. The zero-order valence-corrected chi connectivity index (χ0v) is 14.9. The second-order valence-electron chi connectivity index (χ2n) is 5.76. The van der Waals surface area contributed by atoms with E-state index in [2.05, 4.69) is 0 Å². The lowest BCUT2D eigenvalue weighted by atomic mass is 10.2. The van der Waals surface area contributed by atoms with Crippen LogP contribution in [0.25, 0.3) is 0 Å². The van der Waals surface area contributed by atoms with E-state index >= 15 is 0 Å². The minimum absolute atomic E-state index is 0.295. The van der Waals surface area contributed by atoms with Crippen molar-refractivity contribution >= 4 is 10.0 Å². The van der Waals surface area contributed by atoms with E-state index in [9.17, 15) is 8.42 Å². The molecule has 0 aliphatic heterocycles. The summed E-state index contributed by atoms with van der Waals surface area (Å²) in [4.78, 5) is 0.348. The summed E-state index contributed by atoms with van der Waals surface area (Å²) in [5, 5.41) is 0. The van der Waals surface area contributed by atoms with Gasteiger partial charge < -0.3 is 4.74 Å². The SMILES string of the molecule is Cc1cccc(OCCN(C)S(=O)(=O)c2ccc(C)cc2C)c1. The standard InChI is InChI=1S/C18H23NO3S/c1-14-6-5-7-17(13-14)22-11-10-19(4)23(20,21)18-9-8-15(2)12-16(18)3/h5-9,12-13H,10-11H2,1-4H3. The average molecular weight is 333 g/mol. The fourth-order valence-corrected chi connectivity index (χ4v) is 3.73. The molecule has 2 rings (SSSR count). The van der Waals surface area contributed by atoms with Crippen molar-refractivity contribution in [3.8, 4) is 5.75 Å². The molecule has 0 aromatic heterocycles. The fourth-order valence-electron chi connectivity index (χ4n) is 2.37. The van der Waals surface area contributed by atoms with E-state index in [1.54, 1.807) is 13.1 Å². The topological polar surface area (TPSA) is 46.6 Å². The van der Waals surface area contributed by atoms with Crippen LogP contribution in [0, 0.1) is 20.8 Å². The summed E-state index contributed by atoms with van der Waals surface area (Å²) in [6, 6.07) is 13.1. The fraction of sp³-hybridized carbons (Fsp3) is 0.333. The Hall–Kier alpha value is -1.85. The molecular formula is C18H23NO3S. The first-order chi connectivity index (χ1) is 10.8. The van der Waals surface area contributed by atoms with Crippen LogP contribution in [0.3, 0.4) is 0 Å². The molecule has 0 saturated heterocycles. The monoisotopic (exact) mass is 333 g/mol. The number of sulfonamides is 1. The molecule has 2 aromatic carbocycles. The van der Waals surface area contributed by atoms with Crippen molar-refractivity contribution in [1.29, 1.82) is 0 Å². The molecular weight excluding hydrogens is 310 g/mol. The van der Waals surface area contributed by atoms with Gasteiger partial charge in [-0.2, -0.15) is 4.31 Å². The maximum absolute atomic E-state index is 12.6. The number of hydrogen-bond acceptors (Lipinski definition) is 3. The molecule has 0 fully saturated rings. The van der Waals surface area contributed by atoms with E-state index in [4.69, 9.17) is 4.74 Å². The summed E-state index contributed by atoms with van der Waals surface area (Å²) < 4.78 is 32.2. The number of benzene rings is 2. The van der Waals surface area contributed by atoms with E-state index in [1.807, 2.05) is 57.2 Å². The van der Waals surface area contributed by atoms with Crippen molar-refractivity contribution in [2.75, 3.05) is 20.2 Å². The second-order valence-corrected chi connectivity index (χ2v) is 7.77. The molecule has 0 aliphatic rings. The van der Waals surface area contributed by atoms with Crippen LogP contribution in [0.2, 0.25) is 0 Å². The van der Waals surface area contributed by atoms with Crippen LogP contribution in [0.15, 0.2) is 47.4 Å². The normalized spacial score (nSPS) is 11.7. The Labute approximate surface area is 138 Å². The molecule has 0 radical (unpaired) electrons. The average Bonchev–Trinajstić information content (AvgIpc) is 2.46. The first-order valence-electron chi connectivity index (χ1n) is 7.54. The largest absolute Gasteiger partial charge is 0.492 e. The Morgan fingerprint density at radius 1 is 1.00 bits per heavy atom. The molecule has 0 aliphatic carbocycles. The lowest BCUT2D eigenvalue weighted by Gasteiger charge is -2.19. The quantitative estimate of drug-likeness (QED) is 0.815. The first kappa shape index (κ1) is 17.5. The van der Waals surface area contributed by atoms with Crippen LogP contribution >= 0.6 is 0 Å². The minimum Gasteiger partial charge on any atom is -0.492 e. The Bertz CT molecular complexity index is 785. The van der Waals surface area contributed by atoms with Gasteiger partial charge in [0.15, 0.2) is 0 Å². The molecule has 5 heteroatoms. The van der Waals surface area contributed by atoms with Gasteiger partial charge in [-0.1, -0.05) is 29.8 Å². The number of likely N-dealkylation sites (N-methyl/N-ethyl adjacent to an activating group) is 1. The van der Waals surface area contributed by atoms with Crippen molar-refractivity contribution in [3.05, 3.63) is 59.2 Å². The van der Waals surface area contributed by atoms with Crippen LogP contribution < -0.4 is 4.74 Å². The molecule has 0 saturated carbocycles. The highest BCUT2D eigenvalue weighted by Gasteiger charge is 2.22. The van der Waals surface area contributed by atoms with Gasteiger partial charge in [0.2, 0.25) is 10.0 Å². The van der Waals surface area contributed by atoms with Crippen LogP contribution in [-0.4, -0.2) is 32.9 Å². The molecule has 0 atom stereocenters. The maximum atomic E-state index is 12.6. The third-order valence-corrected chi connectivity index (χ3v) is 5.70. The van der Waals surface area contributed by atoms with E-state index in [1.165, 1.54) is 4.31 Å². The maximum Gasteiger partial charge on any atom is 0.243 e. The van der Waals surface area contributed by atoms with Gasteiger partial charge in [-0.25, -0.2) is 8.42 Å². The Kier molecular flexibility index (Phi) is 5.44. The smallest absolute Gasteiger partial charge is 0.243 e. The van der Waals surface area contributed by atoms with Crippen molar-refractivity contribution in [3.63, 3.8) is 0 Å². The summed E-state index contributed by atoms with van der Waals surface area (Å²) in [6.45, 7) is 6.36.